The molecule has 3 rings (SSSR count). The second-order valence-corrected chi connectivity index (χ2v) is 6.41. The van der Waals surface area contributed by atoms with Crippen LogP contribution in [0.3, 0.4) is 0 Å². The topological polar surface area (TPSA) is 78.1 Å². The first kappa shape index (κ1) is 17.6. The molecular weight excluding hydrogens is 320 g/mol. The van der Waals surface area contributed by atoms with Gasteiger partial charge in [-0.15, -0.1) is 0 Å². The Morgan fingerprint density at radius 3 is 3.12 bits per heavy atom. The number of carbonyl (C=O) groups is 1. The van der Waals surface area contributed by atoms with E-state index in [9.17, 15) is 4.79 Å². The molecule has 1 fully saturated rings. The number of ether oxygens (including phenoxy) is 1. The van der Waals surface area contributed by atoms with E-state index in [1.165, 1.54) is 6.33 Å². The van der Waals surface area contributed by atoms with E-state index in [4.69, 9.17) is 4.74 Å². The molecule has 136 valence electrons. The maximum Gasteiger partial charge on any atom is 0.222 e. The standard InChI is InChI=1S/C17H26N6O2/c1-25-11-10-21-9-6-19-17(21)15-4-2-7-22(12-15)16(24)5-3-8-23-14-18-13-20-23/h6,9,13-15H,2-5,7-8,10-12H2,1H3/t15-/m0/s1. The van der Waals surface area contributed by atoms with Crippen molar-refractivity contribution in [2.24, 2.45) is 0 Å². The van der Waals surface area contributed by atoms with Crippen LogP contribution in [0, 0.1) is 0 Å². The van der Waals surface area contributed by atoms with Crippen LogP contribution in [0.1, 0.15) is 37.4 Å². The molecule has 0 N–H and O–H groups in total. The van der Waals surface area contributed by atoms with Crippen molar-refractivity contribution in [2.45, 2.75) is 44.7 Å². The van der Waals surface area contributed by atoms with Crippen LogP contribution < -0.4 is 0 Å². The minimum absolute atomic E-state index is 0.222. The normalized spacial score (nSPS) is 17.8. The molecule has 0 unspecified atom stereocenters. The average molecular weight is 346 g/mol. The Labute approximate surface area is 147 Å². The first-order valence-corrected chi connectivity index (χ1v) is 8.88. The van der Waals surface area contributed by atoms with Gasteiger partial charge in [0.1, 0.15) is 18.5 Å². The number of hydrogen-bond acceptors (Lipinski definition) is 5. The van der Waals surface area contributed by atoms with Gasteiger partial charge in [-0.3, -0.25) is 9.48 Å². The Hall–Kier alpha value is -2.22. The Morgan fingerprint density at radius 1 is 1.40 bits per heavy atom. The van der Waals surface area contributed by atoms with E-state index in [0.717, 1.165) is 51.3 Å². The molecule has 1 atom stereocenters. The molecule has 0 saturated carbocycles. The third-order valence-corrected chi connectivity index (χ3v) is 4.67. The van der Waals surface area contributed by atoms with Gasteiger partial charge in [0.05, 0.1) is 6.61 Å². The summed E-state index contributed by atoms with van der Waals surface area (Å²) in [5.74, 6) is 1.59. The summed E-state index contributed by atoms with van der Waals surface area (Å²) < 4.78 is 9.08. The minimum atomic E-state index is 0.222. The number of aromatic nitrogens is 5. The summed E-state index contributed by atoms with van der Waals surface area (Å²) in [6.45, 7) is 3.79. The maximum absolute atomic E-state index is 12.5. The van der Waals surface area contributed by atoms with Crippen molar-refractivity contribution >= 4 is 5.91 Å². The van der Waals surface area contributed by atoms with E-state index in [1.807, 2.05) is 17.3 Å². The first-order valence-electron chi connectivity index (χ1n) is 8.88. The summed E-state index contributed by atoms with van der Waals surface area (Å²) in [5.41, 5.74) is 0. The second-order valence-electron chi connectivity index (χ2n) is 6.41. The molecule has 0 aromatic carbocycles. The molecule has 0 spiro atoms. The van der Waals surface area contributed by atoms with Crippen molar-refractivity contribution < 1.29 is 9.53 Å². The number of methoxy groups -OCH3 is 1. The molecule has 2 aromatic heterocycles. The molecule has 1 amide bonds. The highest BCUT2D eigenvalue weighted by atomic mass is 16.5. The first-order chi connectivity index (χ1) is 12.3. The summed E-state index contributed by atoms with van der Waals surface area (Å²) in [7, 11) is 1.71. The number of piperidine rings is 1. The quantitative estimate of drug-likeness (QED) is 0.720. The fourth-order valence-corrected chi connectivity index (χ4v) is 3.37. The van der Waals surface area contributed by atoms with Crippen molar-refractivity contribution in [3.63, 3.8) is 0 Å². The molecule has 2 aromatic rings. The number of hydrogen-bond donors (Lipinski definition) is 0. The minimum Gasteiger partial charge on any atom is -0.383 e. The number of nitrogens with zero attached hydrogens (tertiary/aromatic N) is 6. The van der Waals surface area contributed by atoms with Gasteiger partial charge in [0, 0.05) is 58.0 Å². The molecule has 0 bridgehead atoms. The third kappa shape index (κ3) is 4.66. The maximum atomic E-state index is 12.5. The molecule has 1 aliphatic rings. The highest BCUT2D eigenvalue weighted by Gasteiger charge is 2.27. The van der Waals surface area contributed by atoms with Crippen molar-refractivity contribution in [3.8, 4) is 0 Å². The molecule has 25 heavy (non-hydrogen) atoms. The van der Waals surface area contributed by atoms with Crippen LogP contribution in [0.15, 0.2) is 25.0 Å². The van der Waals surface area contributed by atoms with Gasteiger partial charge in [0.15, 0.2) is 0 Å². The lowest BCUT2D eigenvalue weighted by Crippen LogP contribution is -2.39. The van der Waals surface area contributed by atoms with Crippen LogP contribution in [0.2, 0.25) is 0 Å². The lowest BCUT2D eigenvalue weighted by molar-refractivity contribution is -0.132. The Balaban J connectivity index is 1.52. The van der Waals surface area contributed by atoms with Crippen LogP contribution >= 0.6 is 0 Å². The number of imidazole rings is 1. The monoisotopic (exact) mass is 346 g/mol. The van der Waals surface area contributed by atoms with Gasteiger partial charge in [0.25, 0.3) is 0 Å². The zero-order valence-electron chi connectivity index (χ0n) is 14.8. The molecule has 8 heteroatoms. The zero-order valence-corrected chi connectivity index (χ0v) is 14.8. The van der Waals surface area contributed by atoms with Crippen LogP contribution in [-0.4, -0.2) is 61.9 Å². The van der Waals surface area contributed by atoms with Crippen LogP contribution in [-0.2, 0) is 22.6 Å². The number of aryl methyl sites for hydroxylation is 1. The lowest BCUT2D eigenvalue weighted by atomic mass is 9.96. The smallest absolute Gasteiger partial charge is 0.222 e. The molecule has 1 aliphatic heterocycles. The number of rotatable bonds is 8. The fraction of sp³-hybridized carbons (Fsp3) is 0.647. The van der Waals surface area contributed by atoms with Gasteiger partial charge in [-0.25, -0.2) is 9.97 Å². The molecule has 0 radical (unpaired) electrons. The van der Waals surface area contributed by atoms with Gasteiger partial charge < -0.3 is 14.2 Å². The van der Waals surface area contributed by atoms with Crippen molar-refractivity contribution in [3.05, 3.63) is 30.9 Å². The highest BCUT2D eigenvalue weighted by Crippen LogP contribution is 2.26. The van der Waals surface area contributed by atoms with E-state index in [0.29, 0.717) is 18.9 Å². The van der Waals surface area contributed by atoms with E-state index in [2.05, 4.69) is 19.6 Å². The molecular formula is C17H26N6O2. The predicted octanol–water partition coefficient (Wildman–Crippen LogP) is 1.31. The Kier molecular flexibility index (Phi) is 6.16. The Morgan fingerprint density at radius 2 is 2.32 bits per heavy atom. The van der Waals surface area contributed by atoms with E-state index >= 15 is 0 Å². The molecule has 1 saturated heterocycles. The highest BCUT2D eigenvalue weighted by molar-refractivity contribution is 5.76. The largest absolute Gasteiger partial charge is 0.383 e. The third-order valence-electron chi connectivity index (χ3n) is 4.67. The van der Waals surface area contributed by atoms with Gasteiger partial charge >= 0.3 is 0 Å². The summed E-state index contributed by atoms with van der Waals surface area (Å²) in [5, 5.41) is 4.06. The van der Waals surface area contributed by atoms with Crippen LogP contribution in [0.4, 0.5) is 0 Å². The van der Waals surface area contributed by atoms with Gasteiger partial charge in [-0.2, -0.15) is 5.10 Å². The summed E-state index contributed by atoms with van der Waals surface area (Å²) in [6, 6.07) is 0. The number of amides is 1. The van der Waals surface area contributed by atoms with E-state index in [-0.39, 0.29) is 5.91 Å². The fourth-order valence-electron chi connectivity index (χ4n) is 3.37. The van der Waals surface area contributed by atoms with E-state index < -0.39 is 0 Å². The zero-order chi connectivity index (χ0) is 17.5. The lowest BCUT2D eigenvalue weighted by Gasteiger charge is -2.32. The van der Waals surface area contributed by atoms with Crippen molar-refractivity contribution in [1.82, 2.24) is 29.2 Å². The molecule has 8 nitrogen and oxygen atoms in total. The summed E-state index contributed by atoms with van der Waals surface area (Å²) in [6.07, 6.45) is 10.5. The van der Waals surface area contributed by atoms with Gasteiger partial charge in [-0.1, -0.05) is 0 Å². The van der Waals surface area contributed by atoms with Gasteiger partial charge in [0.2, 0.25) is 5.91 Å². The van der Waals surface area contributed by atoms with Crippen molar-refractivity contribution in [2.75, 3.05) is 26.8 Å². The average Bonchev–Trinajstić information content (AvgIpc) is 3.31. The number of carbonyl (C=O) groups excluding carboxylic acids is 1. The Bertz CT molecular complexity index is 654. The SMILES string of the molecule is COCCn1ccnc1[C@H]1CCCN(C(=O)CCCn2cncn2)C1. The van der Waals surface area contributed by atoms with Crippen LogP contribution in [0.25, 0.3) is 0 Å². The van der Waals surface area contributed by atoms with E-state index in [1.54, 1.807) is 18.1 Å². The molecule has 0 aliphatic carbocycles. The predicted molar refractivity (Wildman–Crippen MR) is 91.9 cm³/mol. The molecule has 3 heterocycles. The summed E-state index contributed by atoms with van der Waals surface area (Å²) in [4.78, 5) is 23.0. The number of likely N-dealkylation sites (tertiary alicyclic amines) is 1. The van der Waals surface area contributed by atoms with Crippen molar-refractivity contribution in [1.29, 1.82) is 0 Å². The van der Waals surface area contributed by atoms with Gasteiger partial charge in [-0.05, 0) is 19.3 Å². The van der Waals surface area contributed by atoms with Crippen LogP contribution in [0.5, 0.6) is 0 Å². The summed E-state index contributed by atoms with van der Waals surface area (Å²) >= 11 is 0. The second kappa shape index (κ2) is 8.75.